The second kappa shape index (κ2) is 6.87. The number of rotatable bonds is 4. The minimum absolute atomic E-state index is 0.0102. The van der Waals surface area contributed by atoms with E-state index in [4.69, 9.17) is 4.74 Å². The zero-order valence-electron chi connectivity index (χ0n) is 13.5. The van der Waals surface area contributed by atoms with Gasteiger partial charge in [-0.2, -0.15) is 5.10 Å². The maximum Gasteiger partial charge on any atom is 0.256 e. The van der Waals surface area contributed by atoms with Crippen molar-refractivity contribution in [2.75, 3.05) is 13.7 Å². The maximum absolute atomic E-state index is 12.9. The van der Waals surface area contributed by atoms with E-state index in [-0.39, 0.29) is 11.9 Å². The van der Waals surface area contributed by atoms with E-state index in [0.717, 1.165) is 24.8 Å². The molecule has 3 rings (SSSR count). The number of piperidine rings is 1. The fraction of sp³-hybridized carbons (Fsp3) is 0.500. The first-order valence-electron chi connectivity index (χ1n) is 7.82. The van der Waals surface area contributed by atoms with E-state index in [1.54, 1.807) is 19.5 Å². The summed E-state index contributed by atoms with van der Waals surface area (Å²) in [5.74, 6) is 1.33. The van der Waals surface area contributed by atoms with Crippen molar-refractivity contribution in [2.24, 2.45) is 0 Å². The third-order valence-corrected chi connectivity index (χ3v) is 4.01. The normalized spacial score (nSPS) is 18.2. The van der Waals surface area contributed by atoms with Gasteiger partial charge in [0.15, 0.2) is 11.6 Å². The number of nitrogens with zero attached hydrogens (tertiary/aromatic N) is 4. The number of amides is 1. The van der Waals surface area contributed by atoms with Gasteiger partial charge < -0.3 is 9.64 Å². The van der Waals surface area contributed by atoms with Crippen molar-refractivity contribution in [3.63, 3.8) is 0 Å². The predicted molar refractivity (Wildman–Crippen MR) is 83.7 cm³/mol. The van der Waals surface area contributed by atoms with Crippen LogP contribution in [0.5, 0.6) is 0 Å². The summed E-state index contributed by atoms with van der Waals surface area (Å²) in [6.45, 7) is 3.03. The lowest BCUT2D eigenvalue weighted by Gasteiger charge is -2.34. The first-order valence-corrected chi connectivity index (χ1v) is 7.82. The lowest BCUT2D eigenvalue weighted by atomic mass is 10.0. The Morgan fingerprint density at radius 3 is 3.09 bits per heavy atom. The van der Waals surface area contributed by atoms with E-state index in [1.807, 2.05) is 17.9 Å². The molecule has 0 radical (unpaired) electrons. The molecule has 3 heterocycles. The Morgan fingerprint density at radius 2 is 2.30 bits per heavy atom. The zero-order chi connectivity index (χ0) is 16.2. The molecule has 0 aliphatic carbocycles. The Hall–Kier alpha value is -2.28. The van der Waals surface area contributed by atoms with Crippen LogP contribution in [-0.2, 0) is 11.3 Å². The molecular weight excluding hydrogens is 294 g/mol. The average Bonchev–Trinajstić information content (AvgIpc) is 3.03. The Morgan fingerprint density at radius 1 is 1.43 bits per heavy atom. The smallest absolute Gasteiger partial charge is 0.256 e. The molecule has 1 aliphatic heterocycles. The van der Waals surface area contributed by atoms with E-state index < -0.39 is 0 Å². The number of aryl methyl sites for hydroxylation is 1. The summed E-state index contributed by atoms with van der Waals surface area (Å²) in [5.41, 5.74) is 1.59. The van der Waals surface area contributed by atoms with Crippen LogP contribution < -0.4 is 0 Å². The molecule has 2 aromatic heterocycles. The quantitative estimate of drug-likeness (QED) is 0.933. The Kier molecular flexibility index (Phi) is 4.66. The van der Waals surface area contributed by atoms with E-state index in [0.29, 0.717) is 30.4 Å². The molecule has 7 nitrogen and oxygen atoms in total. The first-order chi connectivity index (χ1) is 11.2. The van der Waals surface area contributed by atoms with Crippen LogP contribution >= 0.6 is 0 Å². The minimum atomic E-state index is -0.0985. The number of aromatic amines is 1. The number of methoxy groups -OCH3 is 1. The molecule has 0 bridgehead atoms. The molecule has 122 valence electrons. The summed E-state index contributed by atoms with van der Waals surface area (Å²) in [4.78, 5) is 23.3. The van der Waals surface area contributed by atoms with Crippen LogP contribution in [0.3, 0.4) is 0 Å². The summed E-state index contributed by atoms with van der Waals surface area (Å²) >= 11 is 0. The standard InChI is InChI=1S/C16H21N5O2/c1-11-7-12(9-17-8-11)16(22)21-6-4-3-5-13(21)15-18-14(10-23-2)19-20-15/h7-9,13H,3-6,10H2,1-2H3,(H,18,19,20)/t13-/m1/s1. The number of likely N-dealkylation sites (tertiary alicyclic amines) is 1. The Balaban J connectivity index is 1.84. The third kappa shape index (κ3) is 3.39. The van der Waals surface area contributed by atoms with E-state index in [9.17, 15) is 4.79 Å². The zero-order valence-corrected chi connectivity index (χ0v) is 13.5. The molecule has 0 spiro atoms. The van der Waals surface area contributed by atoms with Crippen molar-refractivity contribution < 1.29 is 9.53 Å². The largest absolute Gasteiger partial charge is 0.377 e. The third-order valence-electron chi connectivity index (χ3n) is 4.01. The van der Waals surface area contributed by atoms with E-state index >= 15 is 0 Å². The molecule has 7 heteroatoms. The Labute approximate surface area is 135 Å². The van der Waals surface area contributed by atoms with Crippen LogP contribution in [-0.4, -0.2) is 44.6 Å². The fourth-order valence-corrected chi connectivity index (χ4v) is 2.94. The van der Waals surface area contributed by atoms with Gasteiger partial charge >= 0.3 is 0 Å². The molecular formula is C16H21N5O2. The lowest BCUT2D eigenvalue weighted by Crippen LogP contribution is -2.39. The molecule has 1 aliphatic rings. The lowest BCUT2D eigenvalue weighted by molar-refractivity contribution is 0.0599. The van der Waals surface area contributed by atoms with Gasteiger partial charge in [0.05, 0.1) is 11.6 Å². The number of carbonyl (C=O) groups is 1. The highest BCUT2D eigenvalue weighted by Crippen LogP contribution is 2.30. The summed E-state index contributed by atoms with van der Waals surface area (Å²) in [6, 6.07) is 1.77. The van der Waals surface area contributed by atoms with Gasteiger partial charge in [-0.05, 0) is 37.8 Å². The molecule has 1 saturated heterocycles. The molecule has 1 amide bonds. The van der Waals surface area contributed by atoms with Gasteiger partial charge in [-0.15, -0.1) is 0 Å². The van der Waals surface area contributed by atoms with Crippen LogP contribution in [0.15, 0.2) is 18.5 Å². The first kappa shape index (κ1) is 15.6. The van der Waals surface area contributed by atoms with Crippen LogP contribution in [0.4, 0.5) is 0 Å². The van der Waals surface area contributed by atoms with Crippen molar-refractivity contribution >= 4 is 5.91 Å². The number of nitrogens with one attached hydrogen (secondary N) is 1. The van der Waals surface area contributed by atoms with Crippen molar-refractivity contribution in [3.8, 4) is 0 Å². The highest BCUT2D eigenvalue weighted by Gasteiger charge is 2.31. The van der Waals surface area contributed by atoms with Crippen molar-refractivity contribution in [3.05, 3.63) is 41.2 Å². The highest BCUT2D eigenvalue weighted by atomic mass is 16.5. The fourth-order valence-electron chi connectivity index (χ4n) is 2.94. The second-order valence-electron chi connectivity index (χ2n) is 5.83. The number of hydrogen-bond acceptors (Lipinski definition) is 5. The number of aromatic nitrogens is 4. The molecule has 0 aromatic carbocycles. The highest BCUT2D eigenvalue weighted by molar-refractivity contribution is 5.94. The number of ether oxygens (including phenoxy) is 1. The molecule has 0 saturated carbocycles. The molecule has 1 N–H and O–H groups in total. The van der Waals surface area contributed by atoms with Gasteiger partial charge in [0.25, 0.3) is 5.91 Å². The SMILES string of the molecule is COCc1nc([C@H]2CCCCN2C(=O)c2cncc(C)c2)n[nH]1. The minimum Gasteiger partial charge on any atom is -0.377 e. The van der Waals surface area contributed by atoms with E-state index in [1.165, 1.54) is 0 Å². The second-order valence-corrected chi connectivity index (χ2v) is 5.83. The summed E-state index contributed by atoms with van der Waals surface area (Å²) in [7, 11) is 1.61. The summed E-state index contributed by atoms with van der Waals surface area (Å²) < 4.78 is 5.06. The molecule has 1 fully saturated rings. The number of H-pyrrole nitrogens is 1. The van der Waals surface area contributed by atoms with E-state index in [2.05, 4.69) is 20.2 Å². The molecule has 1 atom stereocenters. The summed E-state index contributed by atoms with van der Waals surface area (Å²) in [6.07, 6.45) is 6.30. The number of hydrogen-bond donors (Lipinski definition) is 1. The Bertz CT molecular complexity index is 685. The van der Waals surface area contributed by atoms with Crippen molar-refractivity contribution in [2.45, 2.75) is 38.8 Å². The van der Waals surface area contributed by atoms with Crippen LogP contribution in [0, 0.1) is 6.92 Å². The monoisotopic (exact) mass is 315 g/mol. The average molecular weight is 315 g/mol. The van der Waals surface area contributed by atoms with Gasteiger partial charge in [0, 0.05) is 26.0 Å². The number of carbonyl (C=O) groups excluding carboxylic acids is 1. The molecule has 0 unspecified atom stereocenters. The van der Waals surface area contributed by atoms with Gasteiger partial charge in [0.1, 0.15) is 6.61 Å². The molecule has 2 aromatic rings. The number of pyridine rings is 1. The summed E-state index contributed by atoms with van der Waals surface area (Å²) in [5, 5.41) is 7.15. The van der Waals surface area contributed by atoms with Crippen LogP contribution in [0.2, 0.25) is 0 Å². The van der Waals surface area contributed by atoms with Crippen LogP contribution in [0.25, 0.3) is 0 Å². The topological polar surface area (TPSA) is 84.0 Å². The van der Waals surface area contributed by atoms with Crippen molar-refractivity contribution in [1.29, 1.82) is 0 Å². The maximum atomic E-state index is 12.9. The van der Waals surface area contributed by atoms with Crippen molar-refractivity contribution in [1.82, 2.24) is 25.1 Å². The molecule has 23 heavy (non-hydrogen) atoms. The van der Waals surface area contributed by atoms with Gasteiger partial charge in [-0.3, -0.25) is 14.9 Å². The van der Waals surface area contributed by atoms with Gasteiger partial charge in [0.2, 0.25) is 0 Å². The predicted octanol–water partition coefficient (Wildman–Crippen LogP) is 2.02. The van der Waals surface area contributed by atoms with Gasteiger partial charge in [-0.25, -0.2) is 4.98 Å². The van der Waals surface area contributed by atoms with Gasteiger partial charge in [-0.1, -0.05) is 0 Å². The van der Waals surface area contributed by atoms with Crippen LogP contribution in [0.1, 0.15) is 52.9 Å².